The summed E-state index contributed by atoms with van der Waals surface area (Å²) in [5.41, 5.74) is 8.32. The predicted octanol–water partition coefficient (Wildman–Crippen LogP) is -3.13. The van der Waals surface area contributed by atoms with Crippen molar-refractivity contribution >= 4 is 156 Å². The van der Waals surface area contributed by atoms with Crippen LogP contribution in [-0.4, -0.2) is 324 Å². The standard InChI is InChI=1S/C90H130N22O22S2/c1-9-53(4)80(89(132)104-66(24-26-75(91)118)81(124)97-33-40-134-39-32-96-77(120)48-110(35-28-92-54(5)113)36-29-93-55(6)114)109-86(129)71(44-60-46-99-65-18-13-11-16-63(60)65)105-87(130)72-50-135-136-51-73(90(133)112-34-14-19-74(112)88(131)106-69(42-58-20-22-61(117)23-21-58)82(125)100-47-76(119)101-68(41-52(2)3)84(127)107-72)108-83(126)67(25-27-79(122)123)103-85(128)70(43-59-45-98-64-17-12-10-15-62(59)64)102-78(121)49-111(37-30-94-56(7)115)38-31-95-57(8)116/h10-13,15-18,20-23,45-46,52-53,66-74,80,98-99,117H,9,14,19,24-44,47-51H2,1-8H3,(H2,91,118)(H,92,113)(H,93,114)(H,94,115)(H,95,116)(H,96,120)(H,97,124)(H,100,125)(H,101,119)(H,102,121)(H,103,128)(H,104,132)(H,105,130)(H,106,131)(H,107,127)(H,108,126)(H,109,129)(H,122,123)/t53?,66-,67-,68-,69-,70-,71-,72-,73-,74?,80-/m0/s1. The number of hydrogen-bond donors (Lipinski definition) is 21. The van der Waals surface area contributed by atoms with Crippen molar-refractivity contribution in [1.29, 1.82) is 0 Å². The van der Waals surface area contributed by atoms with Gasteiger partial charge in [-0.25, -0.2) is 0 Å². The van der Waals surface area contributed by atoms with E-state index in [1.54, 1.807) is 98.4 Å². The highest BCUT2D eigenvalue weighted by molar-refractivity contribution is 8.76. The fourth-order valence-electron chi connectivity index (χ4n) is 15.1. The molecule has 3 aromatic carbocycles. The molecule has 0 bridgehead atoms. The summed E-state index contributed by atoms with van der Waals surface area (Å²) >= 11 is 0. The number of aliphatic carboxylic acids is 1. The number of aromatic amines is 2. The highest BCUT2D eigenvalue weighted by Crippen LogP contribution is 2.28. The van der Waals surface area contributed by atoms with Crippen molar-refractivity contribution in [3.63, 3.8) is 0 Å². The largest absolute Gasteiger partial charge is 0.508 e. The van der Waals surface area contributed by atoms with Crippen molar-refractivity contribution in [1.82, 2.24) is 110 Å². The molecule has 44 nitrogen and oxygen atoms in total. The number of aromatic hydroxyl groups is 1. The smallest absolute Gasteiger partial charge is 0.303 e. The molecular formula is C90H130N22O22S2. The number of carboxylic acid groups (broad SMARTS) is 1. The molecular weight excluding hydrogens is 1810 g/mol. The van der Waals surface area contributed by atoms with E-state index in [0.717, 1.165) is 21.6 Å². The van der Waals surface area contributed by atoms with Crippen molar-refractivity contribution in [2.24, 2.45) is 17.6 Å². The average molecular weight is 1940 g/mol. The highest BCUT2D eigenvalue weighted by atomic mass is 33.1. The van der Waals surface area contributed by atoms with E-state index in [2.05, 4.69) is 95.0 Å². The number of ether oxygens (including phenoxy) is 1. The van der Waals surface area contributed by atoms with Crippen LogP contribution in [0.25, 0.3) is 21.8 Å². The monoisotopic (exact) mass is 1930 g/mol. The summed E-state index contributed by atoms with van der Waals surface area (Å²) in [5, 5.41) is 64.8. The van der Waals surface area contributed by atoms with Crippen LogP contribution in [0.5, 0.6) is 5.75 Å². The second kappa shape index (κ2) is 57.1. The number of rotatable bonds is 50. The Hall–Kier alpha value is -12.9. The van der Waals surface area contributed by atoms with Gasteiger partial charge in [-0.2, -0.15) is 0 Å². The Balaban J connectivity index is 1.20. The third-order valence-corrected chi connectivity index (χ3v) is 24.8. The van der Waals surface area contributed by atoms with E-state index in [-0.39, 0.29) is 184 Å². The molecule has 136 heavy (non-hydrogen) atoms. The average Bonchev–Trinajstić information content (AvgIpc) is 1.65. The van der Waals surface area contributed by atoms with Gasteiger partial charge in [-0.3, -0.25) is 101 Å². The zero-order chi connectivity index (χ0) is 99.5. The fraction of sp³-hybridized carbons (Fsp3) is 0.544. The highest BCUT2D eigenvalue weighted by Gasteiger charge is 2.42. The topological polar surface area (TPSA) is 634 Å². The second-order valence-corrected chi connectivity index (χ2v) is 36.3. The van der Waals surface area contributed by atoms with E-state index in [1.165, 1.54) is 56.9 Å². The molecule has 0 saturated carbocycles. The van der Waals surface area contributed by atoms with Crippen molar-refractivity contribution < 1.29 is 106 Å². The Labute approximate surface area is 795 Å². The van der Waals surface area contributed by atoms with Gasteiger partial charge in [0.25, 0.3) is 0 Å². The van der Waals surface area contributed by atoms with Crippen LogP contribution in [0, 0.1) is 11.8 Å². The number of nitrogens with zero attached hydrogens (tertiary/aromatic N) is 3. The first-order valence-electron chi connectivity index (χ1n) is 45.3. The lowest BCUT2D eigenvalue weighted by Crippen LogP contribution is -2.61. The lowest BCUT2D eigenvalue weighted by Gasteiger charge is -2.31. The lowest BCUT2D eigenvalue weighted by atomic mass is 9.96. The molecule has 2 saturated heterocycles. The first-order chi connectivity index (χ1) is 64.8. The summed E-state index contributed by atoms with van der Waals surface area (Å²) < 4.78 is 5.67. The Morgan fingerprint density at radius 1 is 0.551 bits per heavy atom. The van der Waals surface area contributed by atoms with Crippen LogP contribution in [0.2, 0.25) is 0 Å². The van der Waals surface area contributed by atoms with E-state index < -0.39 is 180 Å². The number of nitrogens with one attached hydrogen (secondary N) is 18. The number of nitrogens with two attached hydrogens (primary N) is 1. The third kappa shape index (κ3) is 38.4. The first-order valence-corrected chi connectivity index (χ1v) is 47.8. The number of carbonyl (C=O) groups excluding carboxylic acids is 18. The molecule has 2 aliphatic heterocycles. The summed E-state index contributed by atoms with van der Waals surface area (Å²) in [7, 11) is 1.74. The van der Waals surface area contributed by atoms with Gasteiger partial charge in [-0.15, -0.1) is 0 Å². The number of fused-ring (bicyclic) bond motifs is 3. The number of para-hydroxylation sites is 2. The molecule has 5 aromatic rings. The van der Waals surface area contributed by atoms with Crippen LogP contribution in [0.4, 0.5) is 0 Å². The van der Waals surface area contributed by atoms with Gasteiger partial charge in [0.15, 0.2) is 0 Å². The van der Waals surface area contributed by atoms with Crippen LogP contribution < -0.4 is 90.8 Å². The summed E-state index contributed by atoms with van der Waals surface area (Å²) in [6, 6.07) is 4.31. The number of H-pyrrole nitrogens is 2. The number of amides is 18. The van der Waals surface area contributed by atoms with Gasteiger partial charge < -0.3 is 121 Å². The van der Waals surface area contributed by atoms with E-state index in [4.69, 9.17) is 10.5 Å². The van der Waals surface area contributed by atoms with Crippen LogP contribution >= 0.6 is 21.6 Å². The number of primary amides is 1. The zero-order valence-electron chi connectivity index (χ0n) is 77.8. The Morgan fingerprint density at radius 2 is 1.07 bits per heavy atom. The molecule has 2 aromatic heterocycles. The van der Waals surface area contributed by atoms with E-state index in [1.807, 2.05) is 0 Å². The predicted molar refractivity (Wildman–Crippen MR) is 505 cm³/mol. The van der Waals surface area contributed by atoms with Gasteiger partial charge >= 0.3 is 5.97 Å². The molecule has 2 fully saturated rings. The molecule has 2 aliphatic rings. The number of aromatic nitrogens is 2. The normalized spacial score (nSPS) is 17.6. The van der Waals surface area contributed by atoms with Gasteiger partial charge in [0, 0.05) is 177 Å². The SMILES string of the molecule is CCC(C)[C@H](NC(=O)[C@H](Cc1c[nH]c2ccccc12)NC(=O)[C@@H]1CSSC[C@H](NC(=O)[C@H](CCC(=O)O)NC(=O)[C@H](Cc2c[nH]c3ccccc23)NC(=O)CN(CCNC(C)=O)CCNC(C)=O)C(=O)N2CCCC2C(=O)N[C@@H](Cc2ccc(O)cc2)C(=O)NCC(=O)N[C@@H](CC(C)C)C(=O)N1)C(=O)N[C@@H](CCC(N)=O)C(=O)NCCOCCNC(=O)CN(CCNC(C)=O)CCNC(C)=O. The minimum absolute atomic E-state index is 0.00575. The fourth-order valence-corrected chi connectivity index (χ4v) is 17.4. The Bertz CT molecular complexity index is 4920. The molecule has 2 unspecified atom stereocenters. The summed E-state index contributed by atoms with van der Waals surface area (Å²) in [6.45, 7) is 12.4. The molecule has 0 spiro atoms. The van der Waals surface area contributed by atoms with Crippen molar-refractivity contribution in [2.45, 2.75) is 186 Å². The summed E-state index contributed by atoms with van der Waals surface area (Å²) in [4.78, 5) is 274. The maximum Gasteiger partial charge on any atom is 0.303 e. The number of hydrogen-bond acceptors (Lipinski definition) is 25. The third-order valence-electron chi connectivity index (χ3n) is 22.4. The molecule has 11 atom stereocenters. The van der Waals surface area contributed by atoms with E-state index in [0.29, 0.717) is 51.6 Å². The second-order valence-electron chi connectivity index (χ2n) is 33.8. The van der Waals surface area contributed by atoms with Gasteiger partial charge in [0.1, 0.15) is 66.2 Å². The summed E-state index contributed by atoms with van der Waals surface area (Å²) in [6.07, 6.45) is 0.854. The quantitative estimate of drug-likeness (QED) is 0.0135. The zero-order valence-corrected chi connectivity index (χ0v) is 79.4. The number of phenolic OH excluding ortho intramolecular Hbond substituents is 1. The molecule has 7 rings (SSSR count). The Morgan fingerprint density at radius 3 is 1.62 bits per heavy atom. The van der Waals surface area contributed by atoms with Crippen LogP contribution in [0.1, 0.15) is 123 Å². The molecule has 0 aliphatic carbocycles. The molecule has 18 amide bonds. The van der Waals surface area contributed by atoms with Gasteiger partial charge in [0.2, 0.25) is 106 Å². The van der Waals surface area contributed by atoms with Crippen LogP contribution in [-0.2, 0) is 115 Å². The number of carbonyl (C=O) groups is 19. The Kier molecular flexibility index (Phi) is 46.2. The number of benzene rings is 3. The molecule has 744 valence electrons. The molecule has 22 N–H and O–H groups in total. The minimum Gasteiger partial charge on any atom is -0.508 e. The van der Waals surface area contributed by atoms with Gasteiger partial charge in [0.05, 0.1) is 32.8 Å². The maximum absolute atomic E-state index is 15.7. The van der Waals surface area contributed by atoms with Crippen molar-refractivity contribution in [3.05, 3.63) is 102 Å². The van der Waals surface area contributed by atoms with Crippen LogP contribution in [0.3, 0.4) is 0 Å². The van der Waals surface area contributed by atoms with Gasteiger partial charge in [-0.1, -0.05) is 104 Å². The minimum atomic E-state index is -1.79. The van der Waals surface area contributed by atoms with E-state index >= 15 is 28.8 Å². The maximum atomic E-state index is 15.7. The first kappa shape index (κ1) is 110. The number of carboxylic acids is 1. The van der Waals surface area contributed by atoms with Crippen molar-refractivity contribution in [2.75, 3.05) is 116 Å². The molecule has 46 heteroatoms. The lowest BCUT2D eigenvalue weighted by molar-refractivity contribution is -0.142. The van der Waals surface area contributed by atoms with Gasteiger partial charge in [-0.05, 0) is 84.9 Å². The van der Waals surface area contributed by atoms with Crippen molar-refractivity contribution in [3.8, 4) is 5.75 Å². The summed E-state index contributed by atoms with van der Waals surface area (Å²) in [5.74, 6) is -16.7. The van der Waals surface area contributed by atoms with Crippen LogP contribution in [0.15, 0.2) is 85.2 Å². The molecule has 4 heterocycles. The molecule has 0 radical (unpaired) electrons. The number of phenols is 1. The van der Waals surface area contributed by atoms with E-state index in [9.17, 15) is 72.5 Å².